The Morgan fingerprint density at radius 3 is 2.50 bits per heavy atom. The first-order valence-corrected chi connectivity index (χ1v) is 5.47. The zero-order valence-corrected chi connectivity index (χ0v) is 9.43. The predicted octanol–water partition coefficient (Wildman–Crippen LogP) is 1.58. The fourth-order valence-electron chi connectivity index (χ4n) is 2.03. The van der Waals surface area contributed by atoms with E-state index >= 15 is 0 Å². The van der Waals surface area contributed by atoms with Crippen LogP contribution in [0.5, 0.6) is 0 Å². The molecule has 1 fully saturated rings. The Bertz CT molecular complexity index is 195. The third kappa shape index (κ3) is 2.47. The maximum Gasteiger partial charge on any atom is 0.311 e. The van der Waals surface area contributed by atoms with Gasteiger partial charge in [-0.3, -0.25) is 4.79 Å². The summed E-state index contributed by atoms with van der Waals surface area (Å²) >= 11 is 0. The SMILES string of the molecule is CCOC(=O)C(C)(C)C1CCNCC1. The van der Waals surface area contributed by atoms with Crippen molar-refractivity contribution in [3.05, 3.63) is 0 Å². The third-order valence-electron chi connectivity index (χ3n) is 3.16. The molecule has 0 saturated carbocycles. The Morgan fingerprint density at radius 1 is 1.43 bits per heavy atom. The average molecular weight is 199 g/mol. The number of esters is 1. The fraction of sp³-hybridized carbons (Fsp3) is 0.909. The topological polar surface area (TPSA) is 38.3 Å². The minimum atomic E-state index is -0.321. The summed E-state index contributed by atoms with van der Waals surface area (Å²) in [5.74, 6) is 0.412. The second-order valence-corrected chi connectivity index (χ2v) is 4.47. The molecule has 0 bridgehead atoms. The molecule has 3 heteroatoms. The number of piperidine rings is 1. The Kier molecular flexibility index (Phi) is 3.93. The summed E-state index contributed by atoms with van der Waals surface area (Å²) in [6.07, 6.45) is 2.15. The second kappa shape index (κ2) is 4.78. The minimum absolute atomic E-state index is 0.0492. The van der Waals surface area contributed by atoms with E-state index in [2.05, 4.69) is 5.32 Å². The number of hydrogen-bond acceptors (Lipinski definition) is 3. The summed E-state index contributed by atoms with van der Waals surface area (Å²) in [5.41, 5.74) is -0.321. The van der Waals surface area contributed by atoms with Crippen molar-refractivity contribution < 1.29 is 9.53 Å². The van der Waals surface area contributed by atoms with Gasteiger partial charge in [-0.05, 0) is 52.6 Å². The molecule has 0 amide bonds. The number of carbonyl (C=O) groups excluding carboxylic acids is 1. The normalized spacial score (nSPS) is 19.4. The van der Waals surface area contributed by atoms with Crippen LogP contribution in [0.25, 0.3) is 0 Å². The van der Waals surface area contributed by atoms with E-state index < -0.39 is 0 Å². The molecule has 1 saturated heterocycles. The largest absolute Gasteiger partial charge is 0.466 e. The van der Waals surface area contributed by atoms with Crippen molar-refractivity contribution in [2.45, 2.75) is 33.6 Å². The van der Waals surface area contributed by atoms with E-state index in [0.717, 1.165) is 25.9 Å². The predicted molar refractivity (Wildman–Crippen MR) is 56.0 cm³/mol. The summed E-state index contributed by atoms with van der Waals surface area (Å²) < 4.78 is 5.10. The van der Waals surface area contributed by atoms with Crippen LogP contribution < -0.4 is 5.32 Å². The maximum atomic E-state index is 11.7. The standard InChI is InChI=1S/C11H21NO2/c1-4-14-10(13)11(2,3)9-5-7-12-8-6-9/h9,12H,4-8H2,1-3H3. The van der Waals surface area contributed by atoms with E-state index in [-0.39, 0.29) is 11.4 Å². The third-order valence-corrected chi connectivity index (χ3v) is 3.16. The monoisotopic (exact) mass is 199 g/mol. The lowest BCUT2D eigenvalue weighted by atomic mass is 9.74. The first kappa shape index (κ1) is 11.5. The van der Waals surface area contributed by atoms with Gasteiger partial charge in [0.25, 0.3) is 0 Å². The lowest BCUT2D eigenvalue weighted by Gasteiger charge is -2.35. The Balaban J connectivity index is 2.57. The molecule has 0 aromatic carbocycles. The molecule has 82 valence electrons. The fourth-order valence-corrected chi connectivity index (χ4v) is 2.03. The molecular formula is C11H21NO2. The van der Waals surface area contributed by atoms with Crippen molar-refractivity contribution in [2.75, 3.05) is 19.7 Å². The van der Waals surface area contributed by atoms with Crippen LogP contribution in [-0.2, 0) is 9.53 Å². The molecule has 1 aliphatic rings. The van der Waals surface area contributed by atoms with Crippen molar-refractivity contribution in [3.63, 3.8) is 0 Å². The molecule has 1 N–H and O–H groups in total. The summed E-state index contributed by atoms with van der Waals surface area (Å²) in [7, 11) is 0. The van der Waals surface area contributed by atoms with Crippen LogP contribution in [0.15, 0.2) is 0 Å². The van der Waals surface area contributed by atoms with E-state index in [1.54, 1.807) is 0 Å². The highest BCUT2D eigenvalue weighted by molar-refractivity contribution is 5.76. The van der Waals surface area contributed by atoms with Gasteiger partial charge < -0.3 is 10.1 Å². The molecule has 0 radical (unpaired) electrons. The van der Waals surface area contributed by atoms with Crippen LogP contribution in [-0.4, -0.2) is 25.7 Å². The van der Waals surface area contributed by atoms with E-state index in [1.165, 1.54) is 0 Å². The van der Waals surface area contributed by atoms with Gasteiger partial charge in [-0.2, -0.15) is 0 Å². The van der Waals surface area contributed by atoms with Crippen LogP contribution >= 0.6 is 0 Å². The van der Waals surface area contributed by atoms with Crippen molar-refractivity contribution in [3.8, 4) is 0 Å². The molecule has 0 unspecified atom stereocenters. The summed E-state index contributed by atoms with van der Waals surface area (Å²) in [5, 5.41) is 3.31. The first-order chi connectivity index (χ1) is 6.59. The van der Waals surface area contributed by atoms with Crippen molar-refractivity contribution in [1.29, 1.82) is 0 Å². The number of rotatable bonds is 3. The van der Waals surface area contributed by atoms with Gasteiger partial charge in [0.15, 0.2) is 0 Å². The molecule has 0 aromatic rings. The molecule has 1 aliphatic heterocycles. The van der Waals surface area contributed by atoms with E-state index in [0.29, 0.717) is 12.5 Å². The number of carbonyl (C=O) groups is 1. The molecular weight excluding hydrogens is 178 g/mol. The smallest absolute Gasteiger partial charge is 0.311 e. The Hall–Kier alpha value is -0.570. The van der Waals surface area contributed by atoms with E-state index in [9.17, 15) is 4.79 Å². The van der Waals surface area contributed by atoms with Gasteiger partial charge in [0.2, 0.25) is 0 Å². The van der Waals surface area contributed by atoms with Gasteiger partial charge in [-0.25, -0.2) is 0 Å². The van der Waals surface area contributed by atoms with Crippen LogP contribution in [0.3, 0.4) is 0 Å². The second-order valence-electron chi connectivity index (χ2n) is 4.47. The van der Waals surface area contributed by atoms with Gasteiger partial charge in [-0.1, -0.05) is 0 Å². The summed E-state index contributed by atoms with van der Waals surface area (Å²) in [6.45, 7) is 8.38. The van der Waals surface area contributed by atoms with Crippen molar-refractivity contribution >= 4 is 5.97 Å². The Morgan fingerprint density at radius 2 is 2.00 bits per heavy atom. The number of nitrogens with one attached hydrogen (secondary N) is 1. The van der Waals surface area contributed by atoms with E-state index in [4.69, 9.17) is 4.74 Å². The van der Waals surface area contributed by atoms with Crippen molar-refractivity contribution in [1.82, 2.24) is 5.32 Å². The van der Waals surface area contributed by atoms with Gasteiger partial charge in [-0.15, -0.1) is 0 Å². The highest BCUT2D eigenvalue weighted by atomic mass is 16.5. The zero-order valence-electron chi connectivity index (χ0n) is 9.43. The minimum Gasteiger partial charge on any atom is -0.466 e. The maximum absolute atomic E-state index is 11.7. The quantitative estimate of drug-likeness (QED) is 0.701. The van der Waals surface area contributed by atoms with Gasteiger partial charge in [0.05, 0.1) is 12.0 Å². The average Bonchev–Trinajstić information content (AvgIpc) is 2.19. The van der Waals surface area contributed by atoms with Gasteiger partial charge in [0, 0.05) is 0 Å². The van der Waals surface area contributed by atoms with Crippen LogP contribution in [0.2, 0.25) is 0 Å². The van der Waals surface area contributed by atoms with Gasteiger partial charge in [0.1, 0.15) is 0 Å². The summed E-state index contributed by atoms with van der Waals surface area (Å²) in [6, 6.07) is 0. The van der Waals surface area contributed by atoms with Crippen LogP contribution in [0.4, 0.5) is 0 Å². The molecule has 0 spiro atoms. The zero-order chi connectivity index (χ0) is 10.6. The lowest BCUT2D eigenvalue weighted by Crippen LogP contribution is -2.41. The van der Waals surface area contributed by atoms with Crippen LogP contribution in [0.1, 0.15) is 33.6 Å². The highest BCUT2D eigenvalue weighted by Crippen LogP contribution is 2.34. The Labute approximate surface area is 86.2 Å². The molecule has 1 rings (SSSR count). The summed E-state index contributed by atoms with van der Waals surface area (Å²) in [4.78, 5) is 11.7. The molecule has 3 nitrogen and oxygen atoms in total. The number of ether oxygens (including phenoxy) is 1. The highest BCUT2D eigenvalue weighted by Gasteiger charge is 2.38. The molecule has 0 atom stereocenters. The van der Waals surface area contributed by atoms with Gasteiger partial charge >= 0.3 is 5.97 Å². The van der Waals surface area contributed by atoms with Crippen molar-refractivity contribution in [2.24, 2.45) is 11.3 Å². The molecule has 1 heterocycles. The lowest BCUT2D eigenvalue weighted by molar-refractivity contribution is -0.157. The number of hydrogen-bond donors (Lipinski definition) is 1. The molecule has 0 aliphatic carbocycles. The molecule has 14 heavy (non-hydrogen) atoms. The first-order valence-electron chi connectivity index (χ1n) is 5.47. The van der Waals surface area contributed by atoms with E-state index in [1.807, 2.05) is 20.8 Å². The van der Waals surface area contributed by atoms with Crippen LogP contribution in [0, 0.1) is 11.3 Å². The molecule has 0 aromatic heterocycles.